The number of cyclic esters (lactones) is 1. The maximum absolute atomic E-state index is 11.7. The largest absolute Gasteiger partial charge is 0.457 e. The highest BCUT2D eigenvalue weighted by molar-refractivity contribution is 5.93. The van der Waals surface area contributed by atoms with Gasteiger partial charge in [0.2, 0.25) is 0 Å². The highest BCUT2D eigenvalue weighted by Gasteiger charge is 2.25. The second-order valence-electron chi connectivity index (χ2n) is 7.74. The van der Waals surface area contributed by atoms with Crippen molar-refractivity contribution in [1.29, 1.82) is 0 Å². The number of nitrogens with one attached hydrogen (secondary N) is 1. The second-order valence-corrected chi connectivity index (χ2v) is 7.74. The number of benzene rings is 1. The summed E-state index contributed by atoms with van der Waals surface area (Å²) in [7, 11) is 1.60. The number of oxazole rings is 1. The lowest BCUT2D eigenvalue weighted by atomic mass is 9.95. The first-order valence-electron chi connectivity index (χ1n) is 10.1. The summed E-state index contributed by atoms with van der Waals surface area (Å²) < 4.78 is 13.1. The van der Waals surface area contributed by atoms with Crippen LogP contribution in [0.2, 0.25) is 0 Å². The van der Waals surface area contributed by atoms with Gasteiger partial charge < -0.3 is 19.6 Å². The minimum absolute atomic E-state index is 0.250. The highest BCUT2D eigenvalue weighted by atomic mass is 16.5. The van der Waals surface area contributed by atoms with Crippen molar-refractivity contribution in [2.24, 2.45) is 7.05 Å². The van der Waals surface area contributed by atoms with Crippen LogP contribution in [0.3, 0.4) is 0 Å². The Labute approximate surface area is 182 Å². The van der Waals surface area contributed by atoms with Crippen molar-refractivity contribution < 1.29 is 19.1 Å². The molecule has 0 spiro atoms. The molecule has 1 aromatic carbocycles. The maximum atomic E-state index is 11.7. The Bertz CT molecular complexity index is 1400. The van der Waals surface area contributed by atoms with Gasteiger partial charge in [0.1, 0.15) is 6.61 Å². The zero-order chi connectivity index (χ0) is 22.4. The number of pyridine rings is 1. The quantitative estimate of drug-likeness (QED) is 0.437. The van der Waals surface area contributed by atoms with Crippen LogP contribution in [0.1, 0.15) is 38.7 Å². The van der Waals surface area contributed by atoms with E-state index in [9.17, 15) is 14.7 Å². The number of hydrogen-bond acceptors (Lipinski definition) is 8. The van der Waals surface area contributed by atoms with Gasteiger partial charge in [-0.25, -0.2) is 19.3 Å². The van der Waals surface area contributed by atoms with Gasteiger partial charge in [0.25, 0.3) is 0 Å². The Morgan fingerprint density at radius 1 is 1.25 bits per heavy atom. The molecule has 0 radical (unpaired) electrons. The number of aliphatic hydroxyl groups excluding tert-OH is 1. The summed E-state index contributed by atoms with van der Waals surface area (Å²) in [5.74, 6) is -0.222. The van der Waals surface area contributed by atoms with Gasteiger partial charge in [-0.2, -0.15) is 5.10 Å². The summed E-state index contributed by atoms with van der Waals surface area (Å²) >= 11 is 0. The molecule has 164 valence electrons. The van der Waals surface area contributed by atoms with Gasteiger partial charge in [-0.05, 0) is 36.2 Å². The smallest absolute Gasteiger partial charge is 0.420 e. The first kappa shape index (κ1) is 20.2. The van der Waals surface area contributed by atoms with Crippen molar-refractivity contribution in [2.75, 3.05) is 6.54 Å². The predicted octanol–water partition coefficient (Wildman–Crippen LogP) is 1.51. The van der Waals surface area contributed by atoms with Crippen LogP contribution in [0.25, 0.3) is 17.0 Å². The molecule has 1 aliphatic rings. The average molecular weight is 435 g/mol. The van der Waals surface area contributed by atoms with Crippen molar-refractivity contribution in [3.05, 3.63) is 75.0 Å². The van der Waals surface area contributed by atoms with Gasteiger partial charge >= 0.3 is 11.7 Å². The second kappa shape index (κ2) is 7.74. The minimum atomic E-state index is -0.725. The number of fused-ring (bicyclic) bond motifs is 2. The fourth-order valence-electron chi connectivity index (χ4n) is 3.89. The lowest BCUT2D eigenvalue weighted by Gasteiger charge is -2.16. The van der Waals surface area contributed by atoms with E-state index in [0.717, 1.165) is 22.3 Å². The van der Waals surface area contributed by atoms with E-state index >= 15 is 0 Å². The number of aliphatic hydroxyl groups is 1. The summed E-state index contributed by atoms with van der Waals surface area (Å²) in [5.41, 5.74) is 4.84. The van der Waals surface area contributed by atoms with E-state index in [0.29, 0.717) is 35.7 Å². The molecule has 0 aliphatic carbocycles. The fourth-order valence-corrected chi connectivity index (χ4v) is 3.89. The number of carbonyl (C=O) groups is 1. The predicted molar refractivity (Wildman–Crippen MR) is 113 cm³/mol. The maximum Gasteiger partial charge on any atom is 0.420 e. The molecule has 4 heterocycles. The van der Waals surface area contributed by atoms with Gasteiger partial charge in [0.15, 0.2) is 17.0 Å². The number of aryl methyl sites for hydroxylation is 1. The molecule has 1 atom stereocenters. The van der Waals surface area contributed by atoms with Gasteiger partial charge in [-0.1, -0.05) is 6.07 Å². The number of carbonyl (C=O) groups excluding carboxylic acids is 1. The first-order valence-corrected chi connectivity index (χ1v) is 10.1. The van der Waals surface area contributed by atoms with Crippen LogP contribution in [0.5, 0.6) is 0 Å². The van der Waals surface area contributed by atoms with Gasteiger partial charge in [-0.15, -0.1) is 0 Å². The Balaban J connectivity index is 1.25. The molecular weight excluding hydrogens is 414 g/mol. The fraction of sp³-hybridized carbons (Fsp3) is 0.273. The zero-order valence-corrected chi connectivity index (χ0v) is 17.5. The molecule has 1 aliphatic heterocycles. The molecule has 4 aromatic rings. The standard InChI is InChI=1S/C22H21N5O5/c1-12-14(3-4-15-16(12)11-31-21(15)29)17(28)9-23-7-13-8-24-27(10-13)19-6-5-18-20(25-19)26(2)22(30)32-18/h3-6,8,10,17,23,28H,7,9,11H2,1-2H3. The minimum Gasteiger partial charge on any atom is -0.457 e. The third-order valence-corrected chi connectivity index (χ3v) is 5.72. The average Bonchev–Trinajstić information content (AvgIpc) is 3.47. The highest BCUT2D eigenvalue weighted by Crippen LogP contribution is 2.28. The van der Waals surface area contributed by atoms with Crippen LogP contribution in [0, 0.1) is 6.92 Å². The SMILES string of the molecule is Cc1c(C(O)CNCc2cnn(-c3ccc4oc(=O)n(C)c4n3)c2)ccc2c1COC2=O. The van der Waals surface area contributed by atoms with E-state index in [1.807, 2.05) is 13.1 Å². The van der Waals surface area contributed by atoms with Crippen LogP contribution in [-0.4, -0.2) is 37.0 Å². The number of aromatic nitrogens is 4. The Morgan fingerprint density at radius 2 is 2.09 bits per heavy atom. The van der Waals surface area contributed by atoms with Crippen LogP contribution in [0.15, 0.2) is 45.9 Å². The van der Waals surface area contributed by atoms with E-state index < -0.39 is 11.9 Å². The zero-order valence-electron chi connectivity index (χ0n) is 17.5. The van der Waals surface area contributed by atoms with E-state index in [-0.39, 0.29) is 12.6 Å². The van der Waals surface area contributed by atoms with Crippen molar-refractivity contribution in [1.82, 2.24) is 24.6 Å². The lowest BCUT2D eigenvalue weighted by molar-refractivity contribution is 0.0535. The summed E-state index contributed by atoms with van der Waals surface area (Å²) in [4.78, 5) is 27.8. The van der Waals surface area contributed by atoms with Gasteiger partial charge in [0, 0.05) is 37.5 Å². The number of rotatable bonds is 6. The molecule has 10 nitrogen and oxygen atoms in total. The van der Waals surface area contributed by atoms with E-state index in [1.54, 1.807) is 42.2 Å². The Morgan fingerprint density at radius 3 is 2.94 bits per heavy atom. The topological polar surface area (TPSA) is 124 Å². The van der Waals surface area contributed by atoms with Crippen molar-refractivity contribution in [3.63, 3.8) is 0 Å². The molecule has 0 saturated heterocycles. The number of nitrogens with zero attached hydrogens (tertiary/aromatic N) is 4. The molecule has 0 bridgehead atoms. The molecule has 32 heavy (non-hydrogen) atoms. The van der Waals surface area contributed by atoms with Gasteiger partial charge in [-0.3, -0.25) is 4.57 Å². The third kappa shape index (κ3) is 3.39. The molecule has 1 unspecified atom stereocenters. The number of hydrogen-bond donors (Lipinski definition) is 2. The van der Waals surface area contributed by atoms with E-state index in [1.165, 1.54) is 4.57 Å². The molecular formula is C22H21N5O5. The number of esters is 1. The van der Waals surface area contributed by atoms with Crippen LogP contribution >= 0.6 is 0 Å². The lowest BCUT2D eigenvalue weighted by Crippen LogP contribution is -2.21. The van der Waals surface area contributed by atoms with Crippen LogP contribution in [-0.2, 0) is 24.9 Å². The summed E-state index contributed by atoms with van der Waals surface area (Å²) in [5, 5.41) is 18.2. The molecule has 0 amide bonds. The summed E-state index contributed by atoms with van der Waals surface area (Å²) in [6.07, 6.45) is 2.82. The van der Waals surface area contributed by atoms with Crippen LogP contribution < -0.4 is 11.1 Å². The van der Waals surface area contributed by atoms with E-state index in [2.05, 4.69) is 15.4 Å². The van der Waals surface area contributed by atoms with E-state index in [4.69, 9.17) is 9.15 Å². The van der Waals surface area contributed by atoms with Crippen molar-refractivity contribution in [3.8, 4) is 5.82 Å². The molecule has 0 saturated carbocycles. The molecule has 10 heteroatoms. The van der Waals surface area contributed by atoms with Gasteiger partial charge in [0.05, 0.1) is 17.9 Å². The molecule has 5 rings (SSSR count). The monoisotopic (exact) mass is 435 g/mol. The Hall–Kier alpha value is -3.76. The summed E-state index contributed by atoms with van der Waals surface area (Å²) in [6.45, 7) is 2.97. The molecule has 3 aromatic heterocycles. The summed E-state index contributed by atoms with van der Waals surface area (Å²) in [6, 6.07) is 6.90. The third-order valence-electron chi connectivity index (χ3n) is 5.72. The van der Waals surface area contributed by atoms with Crippen LogP contribution in [0.4, 0.5) is 0 Å². The molecule has 2 N–H and O–H groups in total. The first-order chi connectivity index (χ1) is 15.4. The normalized spacial score (nSPS) is 14.0. The molecule has 0 fully saturated rings. The number of ether oxygens (including phenoxy) is 1. The van der Waals surface area contributed by atoms with Crippen molar-refractivity contribution in [2.45, 2.75) is 26.2 Å². The van der Waals surface area contributed by atoms with Crippen molar-refractivity contribution >= 4 is 17.2 Å². The Kier molecular flexibility index (Phi) is 4.87.